The molecule has 0 bridgehead atoms. The molecule has 1 aliphatic rings. The van der Waals surface area contributed by atoms with Gasteiger partial charge in [-0.3, -0.25) is 4.99 Å². The van der Waals surface area contributed by atoms with Crippen LogP contribution in [0.3, 0.4) is 0 Å². The summed E-state index contributed by atoms with van der Waals surface area (Å²) in [6, 6.07) is 16.8. The van der Waals surface area contributed by atoms with Crippen molar-refractivity contribution in [2.75, 3.05) is 13.7 Å². The second kappa shape index (κ2) is 14.7. The van der Waals surface area contributed by atoms with Gasteiger partial charge in [0.2, 0.25) is 0 Å². The lowest BCUT2D eigenvalue weighted by atomic mass is 9.79. The predicted octanol–water partition coefficient (Wildman–Crippen LogP) is 8.17. The molecule has 2 aromatic rings. The number of hydrogen-bond acceptors (Lipinski definition) is 4. The average molecular weight is 519 g/mol. The first-order valence-electron chi connectivity index (χ1n) is 13.8. The quantitative estimate of drug-likeness (QED) is 0.312. The van der Waals surface area contributed by atoms with Crippen LogP contribution in [0.1, 0.15) is 85.4 Å². The van der Waals surface area contributed by atoms with Crippen molar-refractivity contribution in [3.05, 3.63) is 95.2 Å². The summed E-state index contributed by atoms with van der Waals surface area (Å²) < 4.78 is 5.36. The lowest BCUT2D eigenvalue weighted by Crippen LogP contribution is -2.57. The van der Waals surface area contributed by atoms with Crippen molar-refractivity contribution in [1.82, 2.24) is 5.32 Å². The second-order valence-electron chi connectivity index (χ2n) is 9.81. The summed E-state index contributed by atoms with van der Waals surface area (Å²) in [4.78, 5) is 4.95. The molecule has 208 valence electrons. The van der Waals surface area contributed by atoms with Crippen molar-refractivity contribution in [2.24, 2.45) is 4.99 Å². The highest BCUT2D eigenvalue weighted by molar-refractivity contribution is 6.34. The van der Waals surface area contributed by atoms with Crippen LogP contribution < -0.4 is 10.1 Å². The highest BCUT2D eigenvalue weighted by Gasteiger charge is 2.40. The molecule has 1 aliphatic heterocycles. The van der Waals surface area contributed by atoms with Crippen molar-refractivity contribution in [1.29, 1.82) is 0 Å². The van der Waals surface area contributed by atoms with Crippen molar-refractivity contribution in [3.63, 3.8) is 0 Å². The summed E-state index contributed by atoms with van der Waals surface area (Å²) in [5.41, 5.74) is 6.70. The van der Waals surface area contributed by atoms with Crippen molar-refractivity contribution < 1.29 is 9.84 Å². The van der Waals surface area contributed by atoms with E-state index in [4.69, 9.17) is 9.73 Å². The van der Waals surface area contributed by atoms with Gasteiger partial charge in [0, 0.05) is 23.3 Å². The zero-order chi connectivity index (χ0) is 29.1. The molecule has 0 spiro atoms. The van der Waals surface area contributed by atoms with E-state index in [9.17, 15) is 5.11 Å². The van der Waals surface area contributed by atoms with Crippen LogP contribution in [0, 0.1) is 0 Å². The first-order chi connectivity index (χ1) is 18.0. The number of ether oxygens (including phenoxy) is 1. The lowest BCUT2D eigenvalue weighted by molar-refractivity contribution is 0.0170. The number of aliphatic imine (C=N–C) groups is 1. The highest BCUT2D eigenvalue weighted by Crippen LogP contribution is 2.34. The smallest absolute Gasteiger partial charge is 0.118 e. The number of rotatable bonds is 10. The standard InChI is InChI=1S/C30H38N2O2.2C2H6/c1-9-22-10-12-24(13-11-22)28-27(23-14-16-26(34-8)17-15-23)25(19-31-28)18-21(4)32-29(5,6)30(7,33)20(2)3;2*1-2/h10-17,32-33H,2,4,9,18-19H2,1,3,5-8H3;2*1-2H3. The number of benzene rings is 2. The van der Waals surface area contributed by atoms with Crippen LogP contribution in [0.5, 0.6) is 5.75 Å². The zero-order valence-electron chi connectivity index (χ0n) is 25.5. The van der Waals surface area contributed by atoms with E-state index < -0.39 is 11.1 Å². The van der Waals surface area contributed by atoms with Gasteiger partial charge in [0.25, 0.3) is 0 Å². The summed E-state index contributed by atoms with van der Waals surface area (Å²) in [6.45, 7) is 26.6. The molecule has 0 amide bonds. The van der Waals surface area contributed by atoms with Crippen molar-refractivity contribution in [2.45, 2.75) is 86.3 Å². The number of nitrogens with one attached hydrogen (secondary N) is 1. The number of aryl methyl sites for hydroxylation is 1. The van der Waals surface area contributed by atoms with Gasteiger partial charge in [-0.25, -0.2) is 0 Å². The zero-order valence-corrected chi connectivity index (χ0v) is 25.5. The molecule has 2 aromatic carbocycles. The Bertz CT molecular complexity index is 1120. The van der Waals surface area contributed by atoms with Gasteiger partial charge in [-0.05, 0) is 68.5 Å². The molecule has 0 radical (unpaired) electrons. The fourth-order valence-electron chi connectivity index (χ4n) is 4.28. The van der Waals surface area contributed by atoms with Gasteiger partial charge in [0.1, 0.15) is 11.4 Å². The van der Waals surface area contributed by atoms with E-state index in [-0.39, 0.29) is 0 Å². The van der Waals surface area contributed by atoms with Gasteiger partial charge >= 0.3 is 0 Å². The molecule has 1 heterocycles. The lowest BCUT2D eigenvalue weighted by Gasteiger charge is -2.42. The first-order valence-corrected chi connectivity index (χ1v) is 13.8. The van der Waals surface area contributed by atoms with Crippen molar-refractivity contribution >= 4 is 11.3 Å². The van der Waals surface area contributed by atoms with E-state index >= 15 is 0 Å². The Balaban J connectivity index is 0.00000172. The monoisotopic (exact) mass is 518 g/mol. The molecule has 0 saturated heterocycles. The summed E-state index contributed by atoms with van der Waals surface area (Å²) in [5.74, 6) is 0.824. The maximum Gasteiger partial charge on any atom is 0.118 e. The van der Waals surface area contributed by atoms with E-state index in [1.165, 1.54) is 11.1 Å². The summed E-state index contributed by atoms with van der Waals surface area (Å²) >= 11 is 0. The number of allylic oxidation sites excluding steroid dienone is 2. The van der Waals surface area contributed by atoms with Gasteiger partial charge in [-0.2, -0.15) is 0 Å². The number of methoxy groups -OCH3 is 1. The Hall–Kier alpha value is -3.11. The summed E-state index contributed by atoms with van der Waals surface area (Å²) in [5, 5.41) is 14.4. The number of hydrogen-bond donors (Lipinski definition) is 2. The van der Waals surface area contributed by atoms with Gasteiger partial charge < -0.3 is 15.2 Å². The fraction of sp³-hybridized carbons (Fsp3) is 0.441. The molecule has 4 nitrogen and oxygen atoms in total. The van der Waals surface area contributed by atoms with E-state index in [0.717, 1.165) is 40.3 Å². The van der Waals surface area contributed by atoms with E-state index in [1.807, 2.05) is 60.6 Å². The van der Waals surface area contributed by atoms with Gasteiger partial charge in [-0.15, -0.1) is 0 Å². The molecule has 3 rings (SSSR count). The van der Waals surface area contributed by atoms with Gasteiger partial charge in [0.15, 0.2) is 0 Å². The molecule has 1 unspecified atom stereocenters. The summed E-state index contributed by atoms with van der Waals surface area (Å²) in [7, 11) is 1.68. The molecule has 2 N–H and O–H groups in total. The Labute approximate surface area is 232 Å². The summed E-state index contributed by atoms with van der Waals surface area (Å²) in [6.07, 6.45) is 1.64. The maximum absolute atomic E-state index is 11.0. The van der Waals surface area contributed by atoms with E-state index in [2.05, 4.69) is 61.8 Å². The Morgan fingerprint density at radius 3 is 1.95 bits per heavy atom. The molecular formula is C34H50N2O2. The fourth-order valence-corrected chi connectivity index (χ4v) is 4.28. The minimum Gasteiger partial charge on any atom is -0.497 e. The third-order valence-corrected chi connectivity index (χ3v) is 7.00. The normalized spacial score (nSPS) is 14.2. The van der Waals surface area contributed by atoms with E-state index in [1.54, 1.807) is 14.0 Å². The average Bonchev–Trinajstić information content (AvgIpc) is 3.33. The molecule has 1 atom stereocenters. The second-order valence-corrected chi connectivity index (χ2v) is 9.81. The molecule has 0 saturated carbocycles. The Morgan fingerprint density at radius 1 is 0.947 bits per heavy atom. The Kier molecular flexibility index (Phi) is 12.8. The highest BCUT2D eigenvalue weighted by atomic mass is 16.5. The van der Waals surface area contributed by atoms with Crippen LogP contribution in [-0.2, 0) is 6.42 Å². The molecule has 0 aromatic heterocycles. The molecule has 38 heavy (non-hydrogen) atoms. The SMILES string of the molecule is C=C(CC1=C(c2ccc(OC)cc2)C(c2ccc(CC)cc2)=NC1)NC(C)(C)C(C)(O)C(=C)C.CC.CC. The van der Waals surface area contributed by atoms with E-state index in [0.29, 0.717) is 18.5 Å². The maximum atomic E-state index is 11.0. The minimum atomic E-state index is -1.08. The number of nitrogens with zero attached hydrogens (tertiary/aromatic N) is 1. The first kappa shape index (κ1) is 32.9. The number of aliphatic hydroxyl groups is 1. The molecular weight excluding hydrogens is 468 g/mol. The predicted molar refractivity (Wildman–Crippen MR) is 166 cm³/mol. The largest absolute Gasteiger partial charge is 0.497 e. The molecule has 0 fully saturated rings. The van der Waals surface area contributed by atoms with Gasteiger partial charge in [-0.1, -0.05) is 84.2 Å². The third kappa shape index (κ3) is 7.70. The van der Waals surface area contributed by atoms with Crippen molar-refractivity contribution in [3.8, 4) is 5.75 Å². The third-order valence-electron chi connectivity index (χ3n) is 7.00. The van der Waals surface area contributed by atoms with Crippen LogP contribution in [0.25, 0.3) is 5.57 Å². The topological polar surface area (TPSA) is 53.8 Å². The van der Waals surface area contributed by atoms with Crippen LogP contribution >= 0.6 is 0 Å². The van der Waals surface area contributed by atoms with Crippen LogP contribution in [-0.4, -0.2) is 35.6 Å². The minimum absolute atomic E-state index is 0.615. The van der Waals surface area contributed by atoms with Crippen LogP contribution in [0.2, 0.25) is 0 Å². The Morgan fingerprint density at radius 2 is 1.47 bits per heavy atom. The van der Waals surface area contributed by atoms with Crippen LogP contribution in [0.15, 0.2) is 83.5 Å². The van der Waals surface area contributed by atoms with Crippen LogP contribution in [0.4, 0.5) is 0 Å². The molecule has 4 heteroatoms. The van der Waals surface area contributed by atoms with Gasteiger partial charge in [0.05, 0.1) is 24.9 Å². The molecule has 0 aliphatic carbocycles.